The molecule has 212 valence electrons. The van der Waals surface area contributed by atoms with Crippen molar-refractivity contribution >= 4 is 17.5 Å². The Kier molecular flexibility index (Phi) is 7.25. The molecule has 2 aromatic rings. The van der Waals surface area contributed by atoms with E-state index < -0.39 is 0 Å². The Hall–Kier alpha value is -2.75. The third kappa shape index (κ3) is 4.76. The van der Waals surface area contributed by atoms with Crippen LogP contribution in [0.25, 0.3) is 0 Å². The molecule has 0 unspecified atom stereocenters. The average Bonchev–Trinajstić information content (AvgIpc) is 3.31. The van der Waals surface area contributed by atoms with Gasteiger partial charge in [-0.3, -0.25) is 14.4 Å². The summed E-state index contributed by atoms with van der Waals surface area (Å²) >= 11 is 0. The minimum atomic E-state index is -0.168. The third-order valence-corrected chi connectivity index (χ3v) is 12.0. The molecular formula is C36H44O4. The van der Waals surface area contributed by atoms with E-state index in [1.54, 1.807) is 12.1 Å². The lowest BCUT2D eigenvalue weighted by Crippen LogP contribution is -2.54. The molecule has 0 heterocycles. The second-order valence-electron chi connectivity index (χ2n) is 13.9. The number of ketones is 2. The molecule has 0 spiro atoms. The molecule has 4 aliphatic rings. The quantitative estimate of drug-likeness (QED) is 0.279. The number of ether oxygens (including phenoxy) is 1. The maximum absolute atomic E-state index is 12.9. The third-order valence-electron chi connectivity index (χ3n) is 12.0. The number of carbonyl (C=O) groups is 3. The first-order valence-electron chi connectivity index (χ1n) is 15.6. The fraction of sp³-hybridized carbons (Fsp3) is 0.583. The lowest BCUT2D eigenvalue weighted by atomic mass is 9.44. The molecule has 4 aliphatic carbocycles. The molecule has 0 aromatic heterocycles. The number of rotatable bonds is 6. The highest BCUT2D eigenvalue weighted by Gasteiger charge is 2.60. The van der Waals surface area contributed by atoms with Gasteiger partial charge in [-0.25, -0.2) is 0 Å². The molecule has 0 saturated heterocycles. The van der Waals surface area contributed by atoms with Crippen LogP contribution >= 0.6 is 0 Å². The molecule has 0 N–H and O–H groups in total. The number of hydrogen-bond acceptors (Lipinski definition) is 4. The van der Waals surface area contributed by atoms with Crippen molar-refractivity contribution in [2.45, 2.75) is 91.1 Å². The van der Waals surface area contributed by atoms with Gasteiger partial charge in [0, 0.05) is 17.0 Å². The maximum Gasteiger partial charge on any atom is 0.310 e. The zero-order valence-electron chi connectivity index (χ0n) is 24.4. The predicted octanol–water partition coefficient (Wildman–Crippen LogP) is 7.62. The van der Waals surface area contributed by atoms with E-state index in [0.717, 1.165) is 43.1 Å². The van der Waals surface area contributed by atoms with Gasteiger partial charge in [0.25, 0.3) is 0 Å². The monoisotopic (exact) mass is 540 g/mol. The van der Waals surface area contributed by atoms with Crippen molar-refractivity contribution in [3.05, 3.63) is 71.3 Å². The number of hydrogen-bond donors (Lipinski definition) is 0. The smallest absolute Gasteiger partial charge is 0.310 e. The molecule has 8 atom stereocenters. The van der Waals surface area contributed by atoms with Crippen LogP contribution in [-0.2, 0) is 20.7 Å². The van der Waals surface area contributed by atoms with Crippen molar-refractivity contribution in [1.29, 1.82) is 0 Å². The Morgan fingerprint density at radius 1 is 0.775 bits per heavy atom. The number of esters is 1. The minimum Gasteiger partial charge on any atom is -0.462 e. The fourth-order valence-corrected chi connectivity index (χ4v) is 9.92. The van der Waals surface area contributed by atoms with Gasteiger partial charge in [-0.05, 0) is 105 Å². The summed E-state index contributed by atoms with van der Waals surface area (Å²) in [5.74, 6) is 3.29. The summed E-state index contributed by atoms with van der Waals surface area (Å²) in [4.78, 5) is 38.0. The summed E-state index contributed by atoms with van der Waals surface area (Å²) in [5, 5.41) is 0. The van der Waals surface area contributed by atoms with Gasteiger partial charge >= 0.3 is 5.97 Å². The summed E-state index contributed by atoms with van der Waals surface area (Å²) in [6, 6.07) is 16.6. The van der Waals surface area contributed by atoms with Crippen molar-refractivity contribution in [2.75, 3.05) is 0 Å². The Morgan fingerprint density at radius 2 is 1.45 bits per heavy atom. The van der Waals surface area contributed by atoms with E-state index in [-0.39, 0.29) is 35.6 Å². The molecule has 2 aromatic carbocycles. The van der Waals surface area contributed by atoms with Crippen LogP contribution in [0.3, 0.4) is 0 Å². The molecule has 0 aliphatic heterocycles. The number of fused-ring (bicyclic) bond motifs is 5. The number of benzene rings is 2. The summed E-state index contributed by atoms with van der Waals surface area (Å²) < 4.78 is 6.05. The van der Waals surface area contributed by atoms with Crippen molar-refractivity contribution in [2.24, 2.45) is 40.4 Å². The minimum absolute atomic E-state index is 0.00323. The SMILES string of the molecule is CC(=O)[C@H]1CC[C@H]2[C@@H]3CC[C@H]4C[C@@H](OC(=O)Cc5ccc(C(=O)c6ccccc6)cc5)CC[C@]4(C)[C@H]3CC[C@]12C. The zero-order chi connectivity index (χ0) is 28.1. The van der Waals surface area contributed by atoms with Crippen molar-refractivity contribution < 1.29 is 19.1 Å². The van der Waals surface area contributed by atoms with Gasteiger partial charge in [0.05, 0.1) is 6.42 Å². The van der Waals surface area contributed by atoms with Gasteiger partial charge in [0.2, 0.25) is 0 Å². The first-order valence-corrected chi connectivity index (χ1v) is 15.6. The van der Waals surface area contributed by atoms with Crippen LogP contribution in [0.15, 0.2) is 54.6 Å². The van der Waals surface area contributed by atoms with Gasteiger partial charge < -0.3 is 4.74 Å². The Morgan fingerprint density at radius 3 is 2.17 bits per heavy atom. The summed E-state index contributed by atoms with van der Waals surface area (Å²) in [6.45, 7) is 6.77. The highest BCUT2D eigenvalue weighted by molar-refractivity contribution is 6.08. The van der Waals surface area contributed by atoms with Gasteiger partial charge in [-0.1, -0.05) is 68.4 Å². The van der Waals surface area contributed by atoms with Gasteiger partial charge in [-0.2, -0.15) is 0 Å². The van der Waals surface area contributed by atoms with E-state index in [1.807, 2.05) is 49.4 Å². The first-order chi connectivity index (χ1) is 19.2. The van der Waals surface area contributed by atoms with Crippen molar-refractivity contribution in [3.63, 3.8) is 0 Å². The van der Waals surface area contributed by atoms with Crippen LogP contribution in [0.4, 0.5) is 0 Å². The van der Waals surface area contributed by atoms with Crippen LogP contribution in [-0.4, -0.2) is 23.6 Å². The molecule has 40 heavy (non-hydrogen) atoms. The molecule has 6 rings (SSSR count). The van der Waals surface area contributed by atoms with Gasteiger partial charge in [0.1, 0.15) is 11.9 Å². The van der Waals surface area contributed by atoms with Crippen molar-refractivity contribution in [1.82, 2.24) is 0 Å². The van der Waals surface area contributed by atoms with Crippen LogP contribution < -0.4 is 0 Å². The van der Waals surface area contributed by atoms with Gasteiger partial charge in [0.15, 0.2) is 5.78 Å². The summed E-state index contributed by atoms with van der Waals surface area (Å²) in [5.41, 5.74) is 2.70. The van der Waals surface area contributed by atoms with Crippen LogP contribution in [0.1, 0.15) is 100 Å². The highest BCUT2D eigenvalue weighted by atomic mass is 16.5. The standard InChI is InChI=1S/C36H44O4/c1-23(37)30-15-16-31-29-14-13-27-22-28(17-19-35(27,2)32(29)18-20-36(30,31)3)40-33(38)21-24-9-11-26(12-10-24)34(39)25-7-5-4-6-8-25/h4-12,27-32H,13-22H2,1-3H3/t27-,28-,29-,30+,31-,32-,35-,36+/m0/s1. The maximum atomic E-state index is 12.9. The van der Waals surface area contributed by atoms with E-state index in [2.05, 4.69) is 13.8 Å². The van der Waals surface area contributed by atoms with Crippen LogP contribution in [0, 0.1) is 40.4 Å². The lowest BCUT2D eigenvalue weighted by Gasteiger charge is -2.61. The van der Waals surface area contributed by atoms with Crippen LogP contribution in [0.2, 0.25) is 0 Å². The fourth-order valence-electron chi connectivity index (χ4n) is 9.92. The topological polar surface area (TPSA) is 60.4 Å². The van der Waals surface area contributed by atoms with Crippen molar-refractivity contribution in [3.8, 4) is 0 Å². The normalized spacial score (nSPS) is 36.6. The first kappa shape index (κ1) is 27.4. The average molecular weight is 541 g/mol. The zero-order valence-corrected chi connectivity index (χ0v) is 24.4. The second kappa shape index (κ2) is 10.6. The highest BCUT2D eigenvalue weighted by Crippen LogP contribution is 2.67. The Labute approximate surface area is 239 Å². The van der Waals surface area contributed by atoms with E-state index in [4.69, 9.17) is 4.74 Å². The second-order valence-corrected chi connectivity index (χ2v) is 13.9. The largest absolute Gasteiger partial charge is 0.462 e. The Balaban J connectivity index is 1.05. The summed E-state index contributed by atoms with van der Waals surface area (Å²) in [6.07, 6.45) is 10.6. The molecule has 4 saturated carbocycles. The molecule has 0 amide bonds. The molecule has 4 heteroatoms. The molecule has 0 radical (unpaired) electrons. The Bertz CT molecular complexity index is 1270. The van der Waals surface area contributed by atoms with E-state index in [1.165, 1.54) is 32.1 Å². The number of Topliss-reactive ketones (excluding diaryl/α,β-unsaturated/α-hetero) is 1. The van der Waals surface area contributed by atoms with E-state index in [0.29, 0.717) is 34.2 Å². The molecule has 4 fully saturated rings. The number of carbonyl (C=O) groups excluding carboxylic acids is 3. The van der Waals surface area contributed by atoms with Crippen LogP contribution in [0.5, 0.6) is 0 Å². The summed E-state index contributed by atoms with van der Waals surface area (Å²) in [7, 11) is 0. The molecular weight excluding hydrogens is 496 g/mol. The van der Waals surface area contributed by atoms with E-state index in [9.17, 15) is 14.4 Å². The predicted molar refractivity (Wildman–Crippen MR) is 156 cm³/mol. The van der Waals surface area contributed by atoms with Gasteiger partial charge in [-0.15, -0.1) is 0 Å². The molecule has 4 nitrogen and oxygen atoms in total. The lowest BCUT2D eigenvalue weighted by molar-refractivity contribution is -0.162. The molecule has 0 bridgehead atoms. The van der Waals surface area contributed by atoms with E-state index >= 15 is 0 Å².